The van der Waals surface area contributed by atoms with E-state index in [4.69, 9.17) is 0 Å². The van der Waals surface area contributed by atoms with Gasteiger partial charge >= 0.3 is 5.97 Å². The van der Waals surface area contributed by atoms with Crippen molar-refractivity contribution in [3.05, 3.63) is 71.3 Å². The number of hydrogen-bond donors (Lipinski definition) is 2. The van der Waals surface area contributed by atoms with Gasteiger partial charge in [-0.2, -0.15) is 0 Å². The number of carbonyl (C=O) groups excluding carboxylic acids is 1. The number of benzene rings is 2. The van der Waals surface area contributed by atoms with E-state index >= 15 is 0 Å². The van der Waals surface area contributed by atoms with Crippen molar-refractivity contribution in [1.82, 2.24) is 10.2 Å². The van der Waals surface area contributed by atoms with E-state index in [0.29, 0.717) is 12.1 Å². The molecule has 0 aliphatic carbocycles. The van der Waals surface area contributed by atoms with Crippen LogP contribution in [0.15, 0.2) is 54.6 Å². The second kappa shape index (κ2) is 7.49. The molecule has 0 saturated carbocycles. The highest BCUT2D eigenvalue weighted by atomic mass is 16.4. The summed E-state index contributed by atoms with van der Waals surface area (Å²) in [7, 11) is 0. The van der Waals surface area contributed by atoms with E-state index in [9.17, 15) is 14.7 Å². The molecule has 5 nitrogen and oxygen atoms in total. The summed E-state index contributed by atoms with van der Waals surface area (Å²) in [6.07, 6.45) is 0.898. The van der Waals surface area contributed by atoms with Crippen LogP contribution in [0.4, 0.5) is 0 Å². The molecule has 2 N–H and O–H groups in total. The maximum Gasteiger partial charge on any atom is 0.330 e. The standard InChI is InChI=1S/C20H22N2O3/c1-14(22-12-11-15-7-5-6-10-17(15)13-22)19(23)21-18(20(24)25)16-8-3-2-4-9-16/h2-10,14,18H,11-13H2,1H3,(H,21,23)(H,24,25)/t14-,18-/m0/s1. The molecule has 0 saturated heterocycles. The van der Waals surface area contributed by atoms with Crippen molar-refractivity contribution < 1.29 is 14.7 Å². The lowest BCUT2D eigenvalue weighted by molar-refractivity contribution is -0.142. The normalized spacial score (nSPS) is 16.5. The number of nitrogens with one attached hydrogen (secondary N) is 1. The van der Waals surface area contributed by atoms with E-state index in [1.165, 1.54) is 11.1 Å². The molecule has 1 aliphatic heterocycles. The summed E-state index contributed by atoms with van der Waals surface area (Å²) in [5, 5.41) is 12.1. The molecule has 2 aromatic rings. The average molecular weight is 338 g/mol. The second-order valence-electron chi connectivity index (χ2n) is 6.36. The van der Waals surface area contributed by atoms with Crippen LogP contribution in [0.3, 0.4) is 0 Å². The highest BCUT2D eigenvalue weighted by Crippen LogP contribution is 2.21. The number of aliphatic carboxylic acids is 1. The number of carboxylic acid groups (broad SMARTS) is 1. The number of hydrogen-bond acceptors (Lipinski definition) is 3. The number of carboxylic acids is 1. The summed E-state index contributed by atoms with van der Waals surface area (Å²) in [5.41, 5.74) is 3.12. The number of amides is 1. The number of fused-ring (bicyclic) bond motifs is 1. The van der Waals surface area contributed by atoms with E-state index in [-0.39, 0.29) is 11.9 Å². The first-order valence-electron chi connectivity index (χ1n) is 8.45. The van der Waals surface area contributed by atoms with Gasteiger partial charge in [0.15, 0.2) is 6.04 Å². The minimum absolute atomic E-state index is 0.268. The Bertz CT molecular complexity index is 761. The lowest BCUT2D eigenvalue weighted by Crippen LogP contribution is -2.48. The van der Waals surface area contributed by atoms with Crippen LogP contribution in [0, 0.1) is 0 Å². The van der Waals surface area contributed by atoms with Crippen LogP contribution in [-0.4, -0.2) is 34.5 Å². The van der Waals surface area contributed by atoms with Crippen molar-refractivity contribution in [3.63, 3.8) is 0 Å². The number of rotatable bonds is 5. The smallest absolute Gasteiger partial charge is 0.330 e. The summed E-state index contributed by atoms with van der Waals surface area (Å²) in [6, 6.07) is 15.6. The summed E-state index contributed by atoms with van der Waals surface area (Å²) in [5.74, 6) is -1.33. The fourth-order valence-corrected chi connectivity index (χ4v) is 3.21. The third-order valence-electron chi connectivity index (χ3n) is 4.75. The maximum absolute atomic E-state index is 12.6. The molecule has 1 aliphatic rings. The van der Waals surface area contributed by atoms with E-state index in [1.54, 1.807) is 24.3 Å². The Labute approximate surface area is 147 Å². The van der Waals surface area contributed by atoms with Crippen LogP contribution in [-0.2, 0) is 22.6 Å². The van der Waals surface area contributed by atoms with Crippen molar-refractivity contribution >= 4 is 11.9 Å². The predicted octanol–water partition coefficient (Wildman–Crippen LogP) is 2.38. The molecule has 2 aromatic carbocycles. The fraction of sp³-hybridized carbons (Fsp3) is 0.300. The molecule has 5 heteroatoms. The van der Waals surface area contributed by atoms with Gasteiger partial charge in [0.2, 0.25) is 5.91 Å². The van der Waals surface area contributed by atoms with E-state index in [0.717, 1.165) is 13.0 Å². The van der Waals surface area contributed by atoms with E-state index in [1.807, 2.05) is 25.1 Å². The molecule has 0 fully saturated rings. The molecule has 0 aromatic heterocycles. The molecule has 0 bridgehead atoms. The lowest BCUT2D eigenvalue weighted by atomic mass is 9.98. The SMILES string of the molecule is C[C@@H](C(=O)N[C@H](C(=O)O)c1ccccc1)N1CCc2ccccc2C1. The lowest BCUT2D eigenvalue weighted by Gasteiger charge is -2.33. The van der Waals surface area contributed by atoms with Gasteiger partial charge in [0, 0.05) is 13.1 Å². The molecule has 1 amide bonds. The topological polar surface area (TPSA) is 69.6 Å². The predicted molar refractivity (Wildman–Crippen MR) is 95.0 cm³/mol. The van der Waals surface area contributed by atoms with Gasteiger partial charge in [-0.05, 0) is 30.0 Å². The Morgan fingerprint density at radius 2 is 1.68 bits per heavy atom. The molecule has 0 unspecified atom stereocenters. The molecule has 3 rings (SSSR count). The van der Waals surface area contributed by atoms with Crippen LogP contribution in [0.25, 0.3) is 0 Å². The van der Waals surface area contributed by atoms with Gasteiger partial charge in [-0.25, -0.2) is 4.79 Å². The van der Waals surface area contributed by atoms with Crippen molar-refractivity contribution in [2.24, 2.45) is 0 Å². The van der Waals surface area contributed by atoms with E-state index in [2.05, 4.69) is 22.3 Å². The first kappa shape index (κ1) is 17.2. The number of nitrogens with zero attached hydrogens (tertiary/aromatic N) is 1. The van der Waals surface area contributed by atoms with Gasteiger partial charge in [-0.3, -0.25) is 9.69 Å². The van der Waals surface area contributed by atoms with Crippen LogP contribution >= 0.6 is 0 Å². The Morgan fingerprint density at radius 3 is 2.36 bits per heavy atom. The van der Waals surface area contributed by atoms with Gasteiger partial charge in [-0.15, -0.1) is 0 Å². The second-order valence-corrected chi connectivity index (χ2v) is 6.36. The van der Waals surface area contributed by atoms with Crippen LogP contribution < -0.4 is 5.32 Å². The fourth-order valence-electron chi connectivity index (χ4n) is 3.21. The van der Waals surface area contributed by atoms with Crippen LogP contribution in [0.1, 0.15) is 29.7 Å². The highest BCUT2D eigenvalue weighted by molar-refractivity contribution is 5.87. The quantitative estimate of drug-likeness (QED) is 0.878. The van der Waals surface area contributed by atoms with Gasteiger partial charge < -0.3 is 10.4 Å². The molecule has 2 atom stereocenters. The monoisotopic (exact) mass is 338 g/mol. The Morgan fingerprint density at radius 1 is 1.04 bits per heavy atom. The molecular formula is C20H22N2O3. The highest BCUT2D eigenvalue weighted by Gasteiger charge is 2.29. The van der Waals surface area contributed by atoms with Gasteiger partial charge in [-0.1, -0.05) is 54.6 Å². The van der Waals surface area contributed by atoms with Crippen molar-refractivity contribution in [1.29, 1.82) is 0 Å². The van der Waals surface area contributed by atoms with Crippen molar-refractivity contribution in [2.45, 2.75) is 32.0 Å². The zero-order valence-corrected chi connectivity index (χ0v) is 14.2. The molecule has 0 radical (unpaired) electrons. The Kier molecular flexibility index (Phi) is 5.14. The summed E-state index contributed by atoms with van der Waals surface area (Å²) >= 11 is 0. The van der Waals surface area contributed by atoms with Crippen molar-refractivity contribution in [2.75, 3.05) is 6.54 Å². The van der Waals surface area contributed by atoms with E-state index < -0.39 is 12.0 Å². The Hall–Kier alpha value is -2.66. The molecule has 1 heterocycles. The number of carbonyl (C=O) groups is 2. The third-order valence-corrected chi connectivity index (χ3v) is 4.75. The minimum atomic E-state index is -1.06. The third kappa shape index (κ3) is 3.88. The first-order valence-corrected chi connectivity index (χ1v) is 8.45. The first-order chi connectivity index (χ1) is 12.1. The Balaban J connectivity index is 1.69. The zero-order chi connectivity index (χ0) is 17.8. The summed E-state index contributed by atoms with van der Waals surface area (Å²) < 4.78 is 0. The zero-order valence-electron chi connectivity index (χ0n) is 14.2. The van der Waals surface area contributed by atoms with Gasteiger partial charge in [0.05, 0.1) is 6.04 Å². The van der Waals surface area contributed by atoms with Crippen LogP contribution in [0.5, 0.6) is 0 Å². The molecule has 0 spiro atoms. The summed E-state index contributed by atoms with van der Waals surface area (Å²) in [6.45, 7) is 3.32. The average Bonchev–Trinajstić information content (AvgIpc) is 2.65. The van der Waals surface area contributed by atoms with Gasteiger partial charge in [0.1, 0.15) is 0 Å². The maximum atomic E-state index is 12.6. The van der Waals surface area contributed by atoms with Gasteiger partial charge in [0.25, 0.3) is 0 Å². The molecular weight excluding hydrogens is 316 g/mol. The molecule has 130 valence electrons. The largest absolute Gasteiger partial charge is 0.479 e. The summed E-state index contributed by atoms with van der Waals surface area (Å²) in [4.78, 5) is 26.3. The minimum Gasteiger partial charge on any atom is -0.479 e. The van der Waals surface area contributed by atoms with Crippen LogP contribution in [0.2, 0.25) is 0 Å². The van der Waals surface area contributed by atoms with Crippen molar-refractivity contribution in [3.8, 4) is 0 Å². The molecule has 25 heavy (non-hydrogen) atoms.